The van der Waals surface area contributed by atoms with Crippen molar-refractivity contribution in [3.05, 3.63) is 23.7 Å². The van der Waals surface area contributed by atoms with E-state index in [9.17, 15) is 4.79 Å². The minimum Gasteiger partial charge on any atom is -0.460 e. The zero-order valence-corrected chi connectivity index (χ0v) is 19.2. The molecule has 0 saturated carbocycles. The summed E-state index contributed by atoms with van der Waals surface area (Å²) in [6.07, 6.45) is 20.6. The number of furan rings is 1. The molecule has 0 aliphatic carbocycles. The summed E-state index contributed by atoms with van der Waals surface area (Å²) in [6.45, 7) is 6.01. The van der Waals surface area contributed by atoms with Crippen molar-refractivity contribution in [3.8, 4) is 0 Å². The first-order chi connectivity index (χ1) is 14.1. The Hall–Kier alpha value is -1.58. The molecule has 166 valence electrons. The molecule has 1 aromatic rings. The van der Waals surface area contributed by atoms with Crippen LogP contribution >= 0.6 is 0 Å². The molecule has 0 radical (unpaired) electrons. The van der Waals surface area contributed by atoms with E-state index >= 15 is 0 Å². The first kappa shape index (κ1) is 25.5. The molecular formula is C25H44N2O2. The van der Waals surface area contributed by atoms with Gasteiger partial charge in [0.05, 0.1) is 0 Å². The van der Waals surface area contributed by atoms with Crippen molar-refractivity contribution in [2.24, 2.45) is 5.10 Å². The second-order valence-electron chi connectivity index (χ2n) is 8.34. The molecule has 0 aromatic carbocycles. The van der Waals surface area contributed by atoms with E-state index in [0.717, 1.165) is 18.6 Å². The number of hydrogen-bond donors (Lipinski definition) is 1. The molecule has 1 heterocycles. The van der Waals surface area contributed by atoms with E-state index in [0.29, 0.717) is 17.9 Å². The maximum Gasteiger partial charge on any atom is 0.240 e. The molecule has 1 amide bonds. The maximum absolute atomic E-state index is 11.9. The van der Waals surface area contributed by atoms with Gasteiger partial charge in [-0.2, -0.15) is 5.10 Å². The van der Waals surface area contributed by atoms with Crippen LogP contribution < -0.4 is 5.43 Å². The third kappa shape index (κ3) is 14.1. The number of carbonyl (C=O) groups is 1. The lowest BCUT2D eigenvalue weighted by Crippen LogP contribution is -2.18. The van der Waals surface area contributed by atoms with Crippen LogP contribution in [0, 0.1) is 6.92 Å². The number of aryl methyl sites for hydroxylation is 1. The fraction of sp³-hybridized carbons (Fsp3) is 0.760. The zero-order chi connectivity index (χ0) is 21.2. The summed E-state index contributed by atoms with van der Waals surface area (Å²) < 4.78 is 5.49. The van der Waals surface area contributed by atoms with E-state index in [4.69, 9.17) is 4.42 Å². The van der Waals surface area contributed by atoms with Crippen LogP contribution in [0.2, 0.25) is 0 Å². The van der Waals surface area contributed by atoms with Gasteiger partial charge in [0.25, 0.3) is 0 Å². The molecule has 0 bridgehead atoms. The highest BCUT2D eigenvalue weighted by Crippen LogP contribution is 2.13. The van der Waals surface area contributed by atoms with Gasteiger partial charge in [0.2, 0.25) is 5.91 Å². The van der Waals surface area contributed by atoms with Crippen LogP contribution in [0.4, 0.5) is 0 Å². The Morgan fingerprint density at radius 1 is 0.828 bits per heavy atom. The Kier molecular flexibility index (Phi) is 15.2. The standard InChI is InChI=1S/C25H44N2O2/c1-4-5-6-7-8-9-10-11-12-13-14-15-16-17-18-19-25(28)27-26-23(3)24-21-20-22(2)29-24/h20-21H,4-19H2,1-3H3,(H,27,28)/b26-23-. The third-order valence-electron chi connectivity index (χ3n) is 5.45. The summed E-state index contributed by atoms with van der Waals surface area (Å²) in [4.78, 5) is 11.9. The number of unbranched alkanes of at least 4 members (excludes halogenated alkanes) is 14. The molecule has 0 fully saturated rings. The average molecular weight is 405 g/mol. The van der Waals surface area contributed by atoms with Gasteiger partial charge >= 0.3 is 0 Å². The summed E-state index contributed by atoms with van der Waals surface area (Å²) in [5.74, 6) is 1.54. The van der Waals surface area contributed by atoms with Gasteiger partial charge in [-0.3, -0.25) is 4.79 Å². The second kappa shape index (κ2) is 17.3. The molecule has 0 saturated heterocycles. The average Bonchev–Trinajstić information content (AvgIpc) is 3.15. The number of amides is 1. The highest BCUT2D eigenvalue weighted by Gasteiger charge is 2.04. The van der Waals surface area contributed by atoms with Gasteiger partial charge in [-0.15, -0.1) is 0 Å². The van der Waals surface area contributed by atoms with Gasteiger partial charge in [-0.25, -0.2) is 5.43 Å². The number of nitrogens with one attached hydrogen (secondary N) is 1. The van der Waals surface area contributed by atoms with Gasteiger partial charge in [0.15, 0.2) is 0 Å². The van der Waals surface area contributed by atoms with E-state index in [1.807, 2.05) is 26.0 Å². The van der Waals surface area contributed by atoms with E-state index in [1.54, 1.807) is 0 Å². The monoisotopic (exact) mass is 404 g/mol. The Labute approximate surface area is 178 Å². The predicted molar refractivity (Wildman–Crippen MR) is 123 cm³/mol. The van der Waals surface area contributed by atoms with Crippen molar-refractivity contribution in [2.45, 2.75) is 124 Å². The molecule has 1 aromatic heterocycles. The number of hydrazone groups is 1. The van der Waals surface area contributed by atoms with Gasteiger partial charge < -0.3 is 4.42 Å². The minimum atomic E-state index is -0.0117. The SMILES string of the molecule is CCCCCCCCCCCCCCCCCC(=O)N/N=C(/C)c1ccc(C)o1. The summed E-state index contributed by atoms with van der Waals surface area (Å²) in [7, 11) is 0. The fourth-order valence-electron chi connectivity index (χ4n) is 3.54. The largest absolute Gasteiger partial charge is 0.460 e. The van der Waals surface area contributed by atoms with Gasteiger partial charge in [-0.05, 0) is 32.4 Å². The lowest BCUT2D eigenvalue weighted by atomic mass is 10.0. The van der Waals surface area contributed by atoms with Crippen LogP contribution in [-0.4, -0.2) is 11.6 Å². The van der Waals surface area contributed by atoms with E-state index < -0.39 is 0 Å². The van der Waals surface area contributed by atoms with Crippen LogP contribution in [-0.2, 0) is 4.79 Å². The molecule has 29 heavy (non-hydrogen) atoms. The van der Waals surface area contributed by atoms with Crippen LogP contribution in [0.3, 0.4) is 0 Å². The summed E-state index contributed by atoms with van der Waals surface area (Å²) in [5, 5.41) is 4.12. The molecule has 0 aliphatic rings. The molecule has 0 spiro atoms. The first-order valence-electron chi connectivity index (χ1n) is 12.0. The van der Waals surface area contributed by atoms with Crippen molar-refractivity contribution in [1.82, 2.24) is 5.43 Å². The molecule has 1 rings (SSSR count). The summed E-state index contributed by atoms with van der Waals surface area (Å²) in [6, 6.07) is 3.76. The molecule has 0 atom stereocenters. The normalized spacial score (nSPS) is 11.8. The smallest absolute Gasteiger partial charge is 0.240 e. The van der Waals surface area contributed by atoms with Crippen LogP contribution in [0.25, 0.3) is 0 Å². The molecule has 4 nitrogen and oxygen atoms in total. The zero-order valence-electron chi connectivity index (χ0n) is 19.2. The quantitative estimate of drug-likeness (QED) is 0.155. The Morgan fingerprint density at radius 2 is 1.31 bits per heavy atom. The molecular weight excluding hydrogens is 360 g/mol. The van der Waals surface area contributed by atoms with E-state index in [1.165, 1.54) is 83.5 Å². The lowest BCUT2D eigenvalue weighted by molar-refractivity contribution is -0.121. The summed E-state index contributed by atoms with van der Waals surface area (Å²) in [5.41, 5.74) is 3.33. The topological polar surface area (TPSA) is 54.6 Å². The van der Waals surface area contributed by atoms with Crippen molar-refractivity contribution in [2.75, 3.05) is 0 Å². The van der Waals surface area contributed by atoms with Gasteiger partial charge in [0, 0.05) is 6.42 Å². The Balaban J connectivity index is 1.86. The number of nitrogens with zero attached hydrogens (tertiary/aromatic N) is 1. The van der Waals surface area contributed by atoms with E-state index in [2.05, 4.69) is 17.5 Å². The van der Waals surface area contributed by atoms with Crippen LogP contribution in [0.1, 0.15) is 128 Å². The Morgan fingerprint density at radius 3 is 1.76 bits per heavy atom. The number of rotatable bonds is 18. The Bertz CT molecular complexity index is 563. The third-order valence-corrected chi connectivity index (χ3v) is 5.45. The van der Waals surface area contributed by atoms with Crippen molar-refractivity contribution in [3.63, 3.8) is 0 Å². The van der Waals surface area contributed by atoms with Crippen LogP contribution in [0.5, 0.6) is 0 Å². The van der Waals surface area contributed by atoms with Gasteiger partial charge in [-0.1, -0.05) is 96.8 Å². The summed E-state index contributed by atoms with van der Waals surface area (Å²) >= 11 is 0. The molecule has 0 aliphatic heterocycles. The highest BCUT2D eigenvalue weighted by atomic mass is 16.3. The van der Waals surface area contributed by atoms with Crippen molar-refractivity contribution in [1.29, 1.82) is 0 Å². The minimum absolute atomic E-state index is 0.0117. The predicted octanol–water partition coefficient (Wildman–Crippen LogP) is 7.69. The fourth-order valence-corrected chi connectivity index (χ4v) is 3.54. The molecule has 4 heteroatoms. The first-order valence-corrected chi connectivity index (χ1v) is 12.0. The lowest BCUT2D eigenvalue weighted by Gasteiger charge is -2.04. The maximum atomic E-state index is 11.9. The molecule has 0 unspecified atom stereocenters. The highest BCUT2D eigenvalue weighted by molar-refractivity contribution is 5.96. The van der Waals surface area contributed by atoms with Gasteiger partial charge in [0.1, 0.15) is 17.2 Å². The van der Waals surface area contributed by atoms with E-state index in [-0.39, 0.29) is 5.91 Å². The van der Waals surface area contributed by atoms with Crippen LogP contribution in [0.15, 0.2) is 21.7 Å². The number of hydrogen-bond acceptors (Lipinski definition) is 3. The van der Waals surface area contributed by atoms with Crippen molar-refractivity contribution < 1.29 is 9.21 Å². The molecule has 1 N–H and O–H groups in total. The van der Waals surface area contributed by atoms with Crippen molar-refractivity contribution >= 4 is 11.6 Å². The second-order valence-corrected chi connectivity index (χ2v) is 8.34. The number of carbonyl (C=O) groups excluding carboxylic acids is 1.